The van der Waals surface area contributed by atoms with E-state index in [9.17, 15) is 18.0 Å². The van der Waals surface area contributed by atoms with Gasteiger partial charge in [-0.2, -0.15) is 0 Å². The fraction of sp³-hybridized carbons (Fsp3) is 0.462. The number of nitrogens with zero attached hydrogens (tertiary/aromatic N) is 2. The summed E-state index contributed by atoms with van der Waals surface area (Å²) < 4.78 is 37.2. The van der Waals surface area contributed by atoms with Crippen molar-refractivity contribution in [1.29, 1.82) is 0 Å². The Morgan fingerprint density at radius 3 is 2.33 bits per heavy atom. The average Bonchev–Trinajstić information content (AvgIpc) is 3.29. The van der Waals surface area contributed by atoms with Crippen molar-refractivity contribution in [2.24, 2.45) is 5.92 Å². The summed E-state index contributed by atoms with van der Waals surface area (Å²) in [6, 6.07) is 11.6. The summed E-state index contributed by atoms with van der Waals surface area (Å²) in [6.07, 6.45) is 1.42. The molecular weight excluding hydrogens is 482 g/mol. The molecule has 9 nitrogen and oxygen atoms in total. The molecular formula is C26H35N3O6S. The molecule has 36 heavy (non-hydrogen) atoms. The Balaban J connectivity index is 1.92. The number of hydrogen-bond donors (Lipinski definition) is 1. The van der Waals surface area contributed by atoms with Crippen molar-refractivity contribution < 1.29 is 27.5 Å². The predicted octanol–water partition coefficient (Wildman–Crippen LogP) is 3.07. The summed E-state index contributed by atoms with van der Waals surface area (Å²) in [4.78, 5) is 28.3. The van der Waals surface area contributed by atoms with E-state index in [0.29, 0.717) is 24.5 Å². The number of benzene rings is 2. The molecule has 0 spiro atoms. The molecule has 3 rings (SSSR count). The van der Waals surface area contributed by atoms with Gasteiger partial charge in [0.1, 0.15) is 12.6 Å². The lowest BCUT2D eigenvalue weighted by Crippen LogP contribution is -2.52. The van der Waals surface area contributed by atoms with Crippen LogP contribution in [0.25, 0.3) is 0 Å². The third-order valence-corrected chi connectivity index (χ3v) is 7.01. The predicted molar refractivity (Wildman–Crippen MR) is 138 cm³/mol. The van der Waals surface area contributed by atoms with Crippen LogP contribution in [0.4, 0.5) is 5.69 Å². The van der Waals surface area contributed by atoms with Crippen LogP contribution in [0, 0.1) is 12.8 Å². The van der Waals surface area contributed by atoms with E-state index >= 15 is 0 Å². The molecule has 0 saturated carbocycles. The van der Waals surface area contributed by atoms with E-state index < -0.39 is 28.5 Å². The SMILES string of the molecule is CC[C@@H](C(=O)NCC(C)C)N(Cc1ccc(C)cc1)C(=O)CN(c1ccc2c(c1)OCO2)S(C)(=O)=O. The van der Waals surface area contributed by atoms with E-state index in [1.807, 2.05) is 52.0 Å². The van der Waals surface area contributed by atoms with Gasteiger partial charge in [-0.25, -0.2) is 8.42 Å². The van der Waals surface area contributed by atoms with Crippen LogP contribution in [-0.2, 0) is 26.2 Å². The molecule has 196 valence electrons. The lowest BCUT2D eigenvalue weighted by molar-refractivity contribution is -0.140. The smallest absolute Gasteiger partial charge is 0.244 e. The number of fused-ring (bicyclic) bond motifs is 1. The number of hydrogen-bond acceptors (Lipinski definition) is 6. The summed E-state index contributed by atoms with van der Waals surface area (Å²) in [6.45, 7) is 8.03. The van der Waals surface area contributed by atoms with E-state index in [0.717, 1.165) is 21.7 Å². The zero-order valence-corrected chi connectivity index (χ0v) is 22.3. The molecule has 0 fully saturated rings. The van der Waals surface area contributed by atoms with Gasteiger partial charge in [-0.05, 0) is 37.0 Å². The second kappa shape index (κ2) is 11.6. The molecule has 0 saturated heterocycles. The van der Waals surface area contributed by atoms with Crippen molar-refractivity contribution in [2.75, 3.05) is 30.4 Å². The monoisotopic (exact) mass is 517 g/mol. The highest BCUT2D eigenvalue weighted by Crippen LogP contribution is 2.36. The van der Waals surface area contributed by atoms with Gasteiger partial charge < -0.3 is 19.7 Å². The highest BCUT2D eigenvalue weighted by Gasteiger charge is 2.32. The lowest BCUT2D eigenvalue weighted by atomic mass is 10.1. The van der Waals surface area contributed by atoms with Crippen LogP contribution in [-0.4, -0.2) is 57.3 Å². The van der Waals surface area contributed by atoms with E-state index in [1.54, 1.807) is 12.1 Å². The first kappa shape index (κ1) is 27.3. The Morgan fingerprint density at radius 1 is 1.06 bits per heavy atom. The molecule has 2 amide bonds. The quantitative estimate of drug-likeness (QED) is 0.491. The van der Waals surface area contributed by atoms with E-state index in [1.165, 1.54) is 11.0 Å². The summed E-state index contributed by atoms with van der Waals surface area (Å²) in [5.74, 6) is 0.419. The Labute approximate surface area is 213 Å². The minimum absolute atomic E-state index is 0.0462. The highest BCUT2D eigenvalue weighted by atomic mass is 32.2. The molecule has 1 aliphatic rings. The molecule has 0 unspecified atom stereocenters. The van der Waals surface area contributed by atoms with Crippen LogP contribution in [0.15, 0.2) is 42.5 Å². The number of aryl methyl sites for hydroxylation is 1. The molecule has 1 N–H and O–H groups in total. The van der Waals surface area contributed by atoms with Crippen molar-refractivity contribution >= 4 is 27.5 Å². The number of carbonyl (C=O) groups is 2. The third-order valence-electron chi connectivity index (χ3n) is 5.87. The maximum atomic E-state index is 13.7. The lowest BCUT2D eigenvalue weighted by Gasteiger charge is -2.33. The second-order valence-electron chi connectivity index (χ2n) is 9.38. The summed E-state index contributed by atoms with van der Waals surface area (Å²) in [5, 5.41) is 2.91. The van der Waals surface area contributed by atoms with Gasteiger partial charge >= 0.3 is 0 Å². The number of rotatable bonds is 11. The fourth-order valence-corrected chi connectivity index (χ4v) is 4.73. The Morgan fingerprint density at radius 2 is 1.72 bits per heavy atom. The van der Waals surface area contributed by atoms with Gasteiger partial charge in [-0.1, -0.05) is 50.6 Å². The average molecular weight is 518 g/mol. The molecule has 0 aromatic heterocycles. The van der Waals surface area contributed by atoms with Crippen molar-refractivity contribution in [1.82, 2.24) is 10.2 Å². The Kier molecular flexibility index (Phi) is 8.84. The zero-order valence-electron chi connectivity index (χ0n) is 21.5. The van der Waals surface area contributed by atoms with Crippen molar-refractivity contribution in [2.45, 2.75) is 46.7 Å². The van der Waals surface area contributed by atoms with Gasteiger partial charge in [-0.3, -0.25) is 13.9 Å². The minimum atomic E-state index is -3.83. The molecule has 1 aliphatic heterocycles. The molecule has 0 aliphatic carbocycles. The maximum Gasteiger partial charge on any atom is 0.244 e. The first-order valence-corrected chi connectivity index (χ1v) is 13.8. The standard InChI is InChI=1S/C26H35N3O6S/c1-6-22(26(31)27-14-18(2)3)28(15-20-9-7-19(4)8-10-20)25(30)16-29(36(5,32)33)21-11-12-23-24(13-21)35-17-34-23/h7-13,18,22H,6,14-17H2,1-5H3,(H,27,31)/t22-/m0/s1. The van der Waals surface area contributed by atoms with Crippen LogP contribution in [0.3, 0.4) is 0 Å². The maximum absolute atomic E-state index is 13.7. The Hall–Kier alpha value is -3.27. The van der Waals surface area contributed by atoms with Gasteiger partial charge in [0.15, 0.2) is 11.5 Å². The number of carbonyl (C=O) groups excluding carboxylic acids is 2. The largest absolute Gasteiger partial charge is 0.454 e. The van der Waals surface area contributed by atoms with Crippen molar-refractivity contribution in [3.63, 3.8) is 0 Å². The topological polar surface area (TPSA) is 105 Å². The van der Waals surface area contributed by atoms with E-state index in [-0.39, 0.29) is 30.9 Å². The van der Waals surface area contributed by atoms with Gasteiger partial charge in [-0.15, -0.1) is 0 Å². The normalized spacial score (nSPS) is 13.4. The number of ether oxygens (including phenoxy) is 2. The fourth-order valence-electron chi connectivity index (χ4n) is 3.89. The molecule has 10 heteroatoms. The molecule has 2 aromatic rings. The van der Waals surface area contributed by atoms with Crippen LogP contribution in [0.2, 0.25) is 0 Å². The highest BCUT2D eigenvalue weighted by molar-refractivity contribution is 7.92. The first-order valence-electron chi connectivity index (χ1n) is 12.0. The molecule has 0 radical (unpaired) electrons. The third kappa shape index (κ3) is 6.90. The van der Waals surface area contributed by atoms with Gasteiger partial charge in [0, 0.05) is 19.2 Å². The zero-order chi connectivity index (χ0) is 26.5. The summed E-state index contributed by atoms with van der Waals surface area (Å²) in [5.41, 5.74) is 2.20. The van der Waals surface area contributed by atoms with Crippen LogP contribution >= 0.6 is 0 Å². The van der Waals surface area contributed by atoms with Gasteiger partial charge in [0.05, 0.1) is 11.9 Å². The molecule has 2 aromatic carbocycles. The molecule has 0 bridgehead atoms. The number of anilines is 1. The molecule has 1 heterocycles. The second-order valence-corrected chi connectivity index (χ2v) is 11.3. The number of amides is 2. The minimum Gasteiger partial charge on any atom is -0.454 e. The van der Waals surface area contributed by atoms with Crippen LogP contribution in [0.5, 0.6) is 11.5 Å². The van der Waals surface area contributed by atoms with Crippen molar-refractivity contribution in [3.8, 4) is 11.5 Å². The van der Waals surface area contributed by atoms with Crippen molar-refractivity contribution in [3.05, 3.63) is 53.6 Å². The Bertz CT molecular complexity index is 1180. The summed E-state index contributed by atoms with van der Waals surface area (Å²) in [7, 11) is -3.83. The van der Waals surface area contributed by atoms with Crippen LogP contribution < -0.4 is 19.1 Å². The number of nitrogens with one attached hydrogen (secondary N) is 1. The van der Waals surface area contributed by atoms with Crippen LogP contribution in [0.1, 0.15) is 38.3 Å². The summed E-state index contributed by atoms with van der Waals surface area (Å²) >= 11 is 0. The molecule has 1 atom stereocenters. The van der Waals surface area contributed by atoms with E-state index in [2.05, 4.69) is 5.32 Å². The first-order chi connectivity index (χ1) is 17.0. The van der Waals surface area contributed by atoms with Gasteiger partial charge in [0.25, 0.3) is 0 Å². The van der Waals surface area contributed by atoms with E-state index in [4.69, 9.17) is 9.47 Å². The number of sulfonamides is 1. The van der Waals surface area contributed by atoms with Gasteiger partial charge in [0.2, 0.25) is 28.6 Å².